The number of halogens is 3. The molecule has 6 nitrogen and oxygen atoms in total. The molecule has 20 heteroatoms. The van der Waals surface area contributed by atoms with Gasteiger partial charge in [-0.25, -0.2) is 9.97 Å². The number of hydrogen-bond donors (Lipinski definition) is 0. The van der Waals surface area contributed by atoms with Gasteiger partial charge in [0.15, 0.2) is 0 Å². The third-order valence-electron chi connectivity index (χ3n) is 6.17. The summed E-state index contributed by atoms with van der Waals surface area (Å²) in [7, 11) is 67.4. The highest BCUT2D eigenvalue weighted by Gasteiger charge is 2.43. The Balaban J connectivity index is 2.03. The van der Waals surface area contributed by atoms with Crippen molar-refractivity contribution in [3.8, 4) is 22.6 Å². The van der Waals surface area contributed by atoms with Gasteiger partial charge >= 0.3 is 6.36 Å². The van der Waals surface area contributed by atoms with Crippen LogP contribution in [-0.2, 0) is 5.34 Å². The summed E-state index contributed by atoms with van der Waals surface area (Å²) in [6.45, 7) is -0.645. The minimum absolute atomic E-state index is 0.218. The van der Waals surface area contributed by atoms with Crippen molar-refractivity contribution in [1.29, 1.82) is 0 Å². The molecule has 176 valence electrons. The van der Waals surface area contributed by atoms with Crippen molar-refractivity contribution in [3.05, 3.63) is 29.8 Å². The Morgan fingerprint density at radius 1 is 0.805 bits per heavy atom. The van der Waals surface area contributed by atoms with E-state index in [1.54, 1.807) is 0 Å². The van der Waals surface area contributed by atoms with Crippen molar-refractivity contribution >= 4 is 130 Å². The second-order valence-electron chi connectivity index (χ2n) is 9.07. The molecule has 0 atom stereocenters. The quantitative estimate of drug-likeness (QED) is 0.319. The number of carbonyl (C=O) groups is 1. The van der Waals surface area contributed by atoms with Crippen molar-refractivity contribution in [2.75, 3.05) is 6.54 Å². The number of amides is 1. The fourth-order valence-corrected chi connectivity index (χ4v) is 4.27. The first kappa shape index (κ1) is 31.0. The number of nitrogens with zero attached hydrogens (tertiary/aromatic N) is 3. The van der Waals surface area contributed by atoms with E-state index in [1.165, 1.54) is 18.5 Å². The van der Waals surface area contributed by atoms with E-state index in [1.807, 2.05) is 0 Å². The van der Waals surface area contributed by atoms with Crippen molar-refractivity contribution in [2.45, 2.75) is 17.1 Å². The number of benzene rings is 2. The Bertz CT molecular complexity index is 1540. The molecule has 0 saturated carbocycles. The number of carbonyl (C=O) groups excluding carboxylic acids is 1. The summed E-state index contributed by atoms with van der Waals surface area (Å²) in [5.41, 5.74) is -5.18. The van der Waals surface area contributed by atoms with E-state index < -0.39 is 84.9 Å². The molecular weight excluding hydrogens is 518 g/mol. The topological polar surface area (TPSA) is 64.6 Å². The smallest absolute Gasteiger partial charge is 0.505 e. The molecule has 2 heterocycles. The van der Waals surface area contributed by atoms with Crippen molar-refractivity contribution in [1.82, 2.24) is 14.9 Å². The van der Waals surface area contributed by atoms with Gasteiger partial charge in [-0.1, -0.05) is 38.2 Å². The minimum atomic E-state index is -5.20. The van der Waals surface area contributed by atoms with E-state index in [-0.39, 0.29) is 17.0 Å². The average Bonchev–Trinajstić information content (AvgIpc) is 2.99. The molecule has 3 aromatic rings. The molecule has 0 unspecified atom stereocenters. The molecular formula is C21H5B11F3N3O3. The fourth-order valence-electron chi connectivity index (χ4n) is 4.27. The lowest BCUT2D eigenvalue weighted by Crippen LogP contribution is -2.58. The standard InChI is InChI=1S/C21H5B11F3N3O3/c22-8-5(6-10(24)13(27)16(14(28)11(6)25)41-21(33,34)35)9(23)12(26)15-7(8)17(39)38(4-19(29,30)40-15)20(31,32)18-36-2-1-3-37-18/h1-3H,4H2. The molecule has 0 bridgehead atoms. The summed E-state index contributed by atoms with van der Waals surface area (Å²) in [6.07, 6.45) is -2.56. The number of ether oxygens (including phenoxy) is 2. The minimum Gasteiger partial charge on any atom is -0.505 e. The lowest BCUT2D eigenvalue weighted by Gasteiger charge is -2.41. The van der Waals surface area contributed by atoms with Gasteiger partial charge in [0.25, 0.3) is 5.91 Å². The van der Waals surface area contributed by atoms with Crippen LogP contribution in [0, 0.1) is 0 Å². The summed E-state index contributed by atoms with van der Waals surface area (Å²) in [6, 6.07) is 1.48. The van der Waals surface area contributed by atoms with Crippen LogP contribution in [0.2, 0.25) is 0 Å². The average molecular weight is 523 g/mol. The fraction of sp³-hybridized carbons (Fsp3) is 0.190. The predicted octanol–water partition coefficient (Wildman–Crippen LogP) is -6.43. The van der Waals surface area contributed by atoms with Crippen molar-refractivity contribution < 1.29 is 27.4 Å². The molecule has 0 saturated heterocycles. The first-order valence-corrected chi connectivity index (χ1v) is 11.3. The maximum Gasteiger partial charge on any atom is 0.573 e. The zero-order valence-electron chi connectivity index (χ0n) is 21.0. The van der Waals surface area contributed by atoms with Gasteiger partial charge in [0, 0.05) is 29.7 Å². The van der Waals surface area contributed by atoms with E-state index >= 15 is 0 Å². The van der Waals surface area contributed by atoms with Crippen LogP contribution < -0.4 is 47.7 Å². The largest absolute Gasteiger partial charge is 0.573 e. The van der Waals surface area contributed by atoms with Crippen molar-refractivity contribution in [3.63, 3.8) is 0 Å². The molecule has 0 N–H and O–H groups in total. The van der Waals surface area contributed by atoms with Crippen LogP contribution in [0.25, 0.3) is 11.1 Å². The van der Waals surface area contributed by atoms with Crippen LogP contribution in [-0.4, -0.2) is 125 Å². The monoisotopic (exact) mass is 525 g/mol. The lowest BCUT2D eigenvalue weighted by molar-refractivity contribution is -0.273. The van der Waals surface area contributed by atoms with Gasteiger partial charge in [-0.3, -0.25) is 4.79 Å². The van der Waals surface area contributed by atoms with Gasteiger partial charge in [-0.15, -0.1) is 13.2 Å². The van der Waals surface area contributed by atoms with E-state index in [9.17, 15) is 18.0 Å². The highest BCUT2D eigenvalue weighted by molar-refractivity contribution is 6.64. The Morgan fingerprint density at radius 2 is 1.29 bits per heavy atom. The Labute approximate surface area is 248 Å². The van der Waals surface area contributed by atoms with Gasteiger partial charge in [-0.05, 0) is 17.2 Å². The molecule has 0 spiro atoms. The van der Waals surface area contributed by atoms with Crippen LogP contribution in [0.4, 0.5) is 13.2 Å². The third kappa shape index (κ3) is 5.39. The van der Waals surface area contributed by atoms with Gasteiger partial charge in [0.2, 0.25) is 0 Å². The summed E-state index contributed by atoms with van der Waals surface area (Å²) in [5, 5.41) is -4.41. The number of rotatable bonds is 4. The Kier molecular flexibility index (Phi) is 7.89. The van der Waals surface area contributed by atoms with Gasteiger partial charge in [0.05, 0.1) is 5.56 Å². The van der Waals surface area contributed by atoms with Crippen LogP contribution in [0.15, 0.2) is 18.5 Å². The van der Waals surface area contributed by atoms with Gasteiger partial charge in [0.1, 0.15) is 104 Å². The molecule has 4 rings (SSSR count). The highest BCUT2D eigenvalue weighted by atomic mass is 19.4. The molecule has 1 aliphatic heterocycles. The second kappa shape index (κ2) is 10.4. The Hall–Kier alpha value is -2.91. The Morgan fingerprint density at radius 3 is 1.80 bits per heavy atom. The van der Waals surface area contributed by atoms with E-state index in [2.05, 4.69) is 14.7 Å². The van der Waals surface area contributed by atoms with Crippen LogP contribution >= 0.6 is 0 Å². The normalized spacial score (nSPS) is 15.1. The second-order valence-corrected chi connectivity index (χ2v) is 9.07. The maximum absolute atomic E-state index is 14.0. The number of aromatic nitrogens is 2. The molecule has 1 amide bonds. The lowest BCUT2D eigenvalue weighted by atomic mass is 9.57. The molecule has 2 aromatic carbocycles. The number of fused-ring (bicyclic) bond motifs is 1. The van der Waals surface area contributed by atoms with E-state index in [0.29, 0.717) is 0 Å². The molecule has 22 radical (unpaired) electrons. The molecule has 41 heavy (non-hydrogen) atoms. The summed E-state index contributed by atoms with van der Waals surface area (Å²) in [4.78, 5) is 22.8. The molecule has 0 fully saturated rings. The zero-order chi connectivity index (χ0) is 30.8. The first-order valence-electron chi connectivity index (χ1n) is 11.3. The first-order chi connectivity index (χ1) is 18.8. The van der Waals surface area contributed by atoms with Gasteiger partial charge in [-0.2, -0.15) is 0 Å². The van der Waals surface area contributed by atoms with Crippen LogP contribution in [0.1, 0.15) is 16.2 Å². The highest BCUT2D eigenvalue weighted by Crippen LogP contribution is 2.31. The molecule has 0 aliphatic carbocycles. The van der Waals surface area contributed by atoms with Crippen LogP contribution in [0.5, 0.6) is 11.5 Å². The van der Waals surface area contributed by atoms with E-state index in [0.717, 1.165) is 4.90 Å². The maximum atomic E-state index is 14.0. The van der Waals surface area contributed by atoms with Crippen molar-refractivity contribution in [2.24, 2.45) is 0 Å². The molecule has 1 aromatic heterocycles. The SMILES string of the molecule is [B]c1c([B])c(-c2c([B])c([B])c3c(c2[B])C(=O)N(C([B])([B])c2ncccn2)CC([B])([B])O3)c([B])c([B])c1OC(F)(F)F. The molecule has 1 aliphatic rings. The predicted molar refractivity (Wildman–Crippen MR) is 157 cm³/mol. The van der Waals surface area contributed by atoms with E-state index in [4.69, 9.17) is 91.0 Å². The summed E-state index contributed by atoms with van der Waals surface area (Å²) < 4.78 is 48.5. The summed E-state index contributed by atoms with van der Waals surface area (Å²) in [5.74, 6) is -2.77. The number of hydrogen-bond acceptors (Lipinski definition) is 5. The summed E-state index contributed by atoms with van der Waals surface area (Å²) >= 11 is 0. The third-order valence-corrected chi connectivity index (χ3v) is 6.17. The zero-order valence-corrected chi connectivity index (χ0v) is 21.0. The van der Waals surface area contributed by atoms with Crippen LogP contribution in [0.3, 0.4) is 0 Å². The number of alkyl halides is 3. The van der Waals surface area contributed by atoms with Gasteiger partial charge < -0.3 is 14.4 Å².